The summed E-state index contributed by atoms with van der Waals surface area (Å²) < 4.78 is 5.57. The second-order valence-electron chi connectivity index (χ2n) is 7.94. The van der Waals surface area contributed by atoms with Crippen LogP contribution in [0.4, 0.5) is 11.4 Å². The molecule has 0 spiro atoms. The number of anilines is 2. The van der Waals surface area contributed by atoms with Crippen LogP contribution in [-0.2, 0) is 9.59 Å². The molecule has 0 aromatic heterocycles. The molecule has 0 saturated heterocycles. The number of amides is 2. The first-order valence-corrected chi connectivity index (χ1v) is 10.7. The van der Waals surface area contributed by atoms with Crippen LogP contribution in [0.3, 0.4) is 0 Å². The highest BCUT2D eigenvalue weighted by molar-refractivity contribution is 6.46. The Labute approximate surface area is 188 Å². The molecule has 2 amide bonds. The van der Waals surface area contributed by atoms with Gasteiger partial charge in [-0.25, -0.2) is 4.90 Å². The molecule has 5 nitrogen and oxygen atoms in total. The summed E-state index contributed by atoms with van der Waals surface area (Å²) in [5.74, 6) is -0.140. The normalized spacial score (nSPS) is 13.7. The van der Waals surface area contributed by atoms with Crippen molar-refractivity contribution in [2.75, 3.05) is 16.8 Å². The van der Waals surface area contributed by atoms with Crippen LogP contribution >= 0.6 is 0 Å². The fourth-order valence-corrected chi connectivity index (χ4v) is 3.75. The molecule has 5 heteroatoms. The lowest BCUT2D eigenvalue weighted by Crippen LogP contribution is -2.32. The van der Waals surface area contributed by atoms with Gasteiger partial charge in [0, 0.05) is 11.8 Å². The van der Waals surface area contributed by atoms with Gasteiger partial charge in [0.2, 0.25) is 0 Å². The van der Waals surface area contributed by atoms with Crippen LogP contribution in [-0.4, -0.2) is 18.4 Å². The summed E-state index contributed by atoms with van der Waals surface area (Å²) in [4.78, 5) is 28.4. The molecule has 4 rings (SSSR count). The number of nitrogens with one attached hydrogen (secondary N) is 1. The number of carbonyl (C=O) groups is 2. The molecule has 3 aromatic carbocycles. The average Bonchev–Trinajstić information content (AvgIpc) is 3.01. The molecule has 0 atom stereocenters. The van der Waals surface area contributed by atoms with E-state index >= 15 is 0 Å². The van der Waals surface area contributed by atoms with Gasteiger partial charge in [0.25, 0.3) is 11.8 Å². The van der Waals surface area contributed by atoms with Crippen molar-refractivity contribution in [2.24, 2.45) is 0 Å². The first-order valence-electron chi connectivity index (χ1n) is 10.7. The zero-order valence-corrected chi connectivity index (χ0v) is 18.7. The fourth-order valence-electron chi connectivity index (χ4n) is 3.75. The quantitative estimate of drug-likeness (QED) is 0.536. The second-order valence-corrected chi connectivity index (χ2v) is 7.94. The summed E-state index contributed by atoms with van der Waals surface area (Å²) in [6, 6.07) is 20.7. The van der Waals surface area contributed by atoms with Gasteiger partial charge in [0.1, 0.15) is 11.4 Å². The van der Waals surface area contributed by atoms with Crippen LogP contribution in [0, 0.1) is 20.8 Å². The number of hydrogen-bond donors (Lipinski definition) is 1. The van der Waals surface area contributed by atoms with Crippen molar-refractivity contribution in [1.29, 1.82) is 0 Å². The zero-order valence-electron chi connectivity index (χ0n) is 18.7. The third-order valence-electron chi connectivity index (χ3n) is 5.46. The van der Waals surface area contributed by atoms with Crippen molar-refractivity contribution in [3.63, 3.8) is 0 Å². The lowest BCUT2D eigenvalue weighted by molar-refractivity contribution is -0.120. The molecule has 0 aliphatic carbocycles. The van der Waals surface area contributed by atoms with Crippen LogP contribution < -0.4 is 15.0 Å². The van der Waals surface area contributed by atoms with Crippen molar-refractivity contribution >= 4 is 28.8 Å². The highest BCUT2D eigenvalue weighted by Crippen LogP contribution is 2.35. The predicted octanol–water partition coefficient (Wildman–Crippen LogP) is 5.41. The Morgan fingerprint density at radius 3 is 2.28 bits per heavy atom. The molecule has 1 aliphatic rings. The third-order valence-corrected chi connectivity index (χ3v) is 5.46. The first-order chi connectivity index (χ1) is 15.4. The third kappa shape index (κ3) is 4.02. The molecule has 1 aliphatic heterocycles. The second kappa shape index (κ2) is 8.71. The van der Waals surface area contributed by atoms with Crippen molar-refractivity contribution in [3.05, 3.63) is 94.7 Å². The Kier molecular flexibility index (Phi) is 5.82. The van der Waals surface area contributed by atoms with Crippen molar-refractivity contribution in [3.8, 4) is 5.75 Å². The van der Waals surface area contributed by atoms with E-state index in [2.05, 4.69) is 5.32 Å². The van der Waals surface area contributed by atoms with Crippen LogP contribution in [0.15, 0.2) is 72.4 Å². The van der Waals surface area contributed by atoms with E-state index in [1.165, 1.54) is 4.90 Å². The average molecular weight is 427 g/mol. The van der Waals surface area contributed by atoms with Crippen LogP contribution in [0.25, 0.3) is 5.57 Å². The van der Waals surface area contributed by atoms with Crippen molar-refractivity contribution < 1.29 is 14.3 Å². The number of nitrogens with zero attached hydrogens (tertiary/aromatic N) is 1. The van der Waals surface area contributed by atoms with E-state index in [0.717, 1.165) is 22.4 Å². The lowest BCUT2D eigenvalue weighted by Gasteiger charge is -2.17. The molecular formula is C27H26N2O3. The summed E-state index contributed by atoms with van der Waals surface area (Å²) in [6.07, 6.45) is 0. The van der Waals surface area contributed by atoms with E-state index in [1.54, 1.807) is 18.2 Å². The summed E-state index contributed by atoms with van der Waals surface area (Å²) in [7, 11) is 0. The van der Waals surface area contributed by atoms with E-state index in [4.69, 9.17) is 4.74 Å². The smallest absolute Gasteiger partial charge is 0.282 e. The van der Waals surface area contributed by atoms with Gasteiger partial charge in [0.05, 0.1) is 17.9 Å². The van der Waals surface area contributed by atoms with Crippen LogP contribution in [0.1, 0.15) is 29.2 Å². The van der Waals surface area contributed by atoms with Gasteiger partial charge in [-0.05, 0) is 62.6 Å². The van der Waals surface area contributed by atoms with Gasteiger partial charge in [0.15, 0.2) is 0 Å². The highest BCUT2D eigenvalue weighted by atomic mass is 16.5. The SMILES string of the molecule is CCOc1cccc(N2C(=O)C(Nc3cc(C)ccc3C)=C(c3ccc(C)cc3)C2=O)c1. The zero-order chi connectivity index (χ0) is 22.8. The summed E-state index contributed by atoms with van der Waals surface area (Å²) in [6.45, 7) is 8.34. The molecule has 0 radical (unpaired) electrons. The molecule has 0 fully saturated rings. The molecule has 162 valence electrons. The van der Waals surface area contributed by atoms with E-state index in [-0.39, 0.29) is 17.5 Å². The Morgan fingerprint density at radius 2 is 1.56 bits per heavy atom. The molecular weight excluding hydrogens is 400 g/mol. The lowest BCUT2D eigenvalue weighted by atomic mass is 10.0. The fraction of sp³-hybridized carbons (Fsp3) is 0.185. The van der Waals surface area contributed by atoms with E-state index in [0.29, 0.717) is 29.2 Å². The number of aryl methyl sites for hydroxylation is 3. The highest BCUT2D eigenvalue weighted by Gasteiger charge is 2.40. The number of carbonyl (C=O) groups excluding carboxylic acids is 2. The molecule has 3 aromatic rings. The minimum Gasteiger partial charge on any atom is -0.494 e. The van der Waals surface area contributed by atoms with Gasteiger partial charge in [-0.1, -0.05) is 48.0 Å². The van der Waals surface area contributed by atoms with Gasteiger partial charge in [-0.2, -0.15) is 0 Å². The van der Waals surface area contributed by atoms with Crippen molar-refractivity contribution in [1.82, 2.24) is 0 Å². The number of benzene rings is 3. The molecule has 0 saturated carbocycles. The molecule has 0 bridgehead atoms. The Balaban J connectivity index is 1.82. The maximum atomic E-state index is 13.6. The number of ether oxygens (including phenoxy) is 1. The summed E-state index contributed by atoms with van der Waals surface area (Å²) >= 11 is 0. The van der Waals surface area contributed by atoms with Gasteiger partial charge in [-0.3, -0.25) is 9.59 Å². The minimum atomic E-state index is -0.389. The molecule has 1 N–H and O–H groups in total. The summed E-state index contributed by atoms with van der Waals surface area (Å²) in [5.41, 5.74) is 5.75. The summed E-state index contributed by atoms with van der Waals surface area (Å²) in [5, 5.41) is 3.27. The van der Waals surface area contributed by atoms with E-state index in [9.17, 15) is 9.59 Å². The Morgan fingerprint density at radius 1 is 0.844 bits per heavy atom. The number of imide groups is 1. The van der Waals surface area contributed by atoms with E-state index < -0.39 is 0 Å². The van der Waals surface area contributed by atoms with Crippen LogP contribution in [0.5, 0.6) is 5.75 Å². The predicted molar refractivity (Wildman–Crippen MR) is 128 cm³/mol. The maximum Gasteiger partial charge on any atom is 0.282 e. The van der Waals surface area contributed by atoms with Gasteiger partial charge < -0.3 is 10.1 Å². The van der Waals surface area contributed by atoms with E-state index in [1.807, 2.05) is 76.2 Å². The topological polar surface area (TPSA) is 58.6 Å². The molecule has 32 heavy (non-hydrogen) atoms. The van der Waals surface area contributed by atoms with Crippen molar-refractivity contribution in [2.45, 2.75) is 27.7 Å². The monoisotopic (exact) mass is 426 g/mol. The van der Waals surface area contributed by atoms with Gasteiger partial charge >= 0.3 is 0 Å². The Bertz CT molecular complexity index is 1230. The molecule has 0 unspecified atom stereocenters. The minimum absolute atomic E-state index is 0.273. The maximum absolute atomic E-state index is 13.6. The first kappa shape index (κ1) is 21.4. The molecule has 1 heterocycles. The Hall–Kier alpha value is -3.86. The van der Waals surface area contributed by atoms with Gasteiger partial charge in [-0.15, -0.1) is 0 Å². The number of rotatable bonds is 6. The number of hydrogen-bond acceptors (Lipinski definition) is 4. The standard InChI is InChI=1S/C27H26N2O3/c1-5-32-22-8-6-7-21(16-22)29-26(30)24(20-13-10-17(2)11-14-20)25(27(29)31)28-23-15-18(3)9-12-19(23)4/h6-16,28H,5H2,1-4H3. The largest absolute Gasteiger partial charge is 0.494 e. The van der Waals surface area contributed by atoms with Crippen LogP contribution in [0.2, 0.25) is 0 Å².